The first-order chi connectivity index (χ1) is 18.8. The minimum Gasteiger partial charge on any atom is -0.342 e. The van der Waals surface area contributed by atoms with E-state index in [2.05, 4.69) is 54.3 Å². The van der Waals surface area contributed by atoms with E-state index in [1.165, 1.54) is 23.8 Å². The molecule has 0 unspecified atom stereocenters. The van der Waals surface area contributed by atoms with Crippen LogP contribution >= 0.6 is 43.5 Å². The fourth-order valence-corrected chi connectivity index (χ4v) is 7.41. The van der Waals surface area contributed by atoms with Gasteiger partial charge in [-0.05, 0) is 93.5 Å². The van der Waals surface area contributed by atoms with Crippen molar-refractivity contribution in [3.05, 3.63) is 96.1 Å². The van der Waals surface area contributed by atoms with Gasteiger partial charge in [-0.15, -0.1) is 0 Å². The number of fused-ring (bicyclic) bond motifs is 2. The number of aromatic nitrogens is 1. The molecule has 2 aliphatic rings. The zero-order valence-corrected chi connectivity index (χ0v) is 25.6. The van der Waals surface area contributed by atoms with Gasteiger partial charge in [0.1, 0.15) is 0 Å². The van der Waals surface area contributed by atoms with Crippen molar-refractivity contribution in [2.24, 2.45) is 5.92 Å². The van der Waals surface area contributed by atoms with Crippen molar-refractivity contribution in [2.45, 2.75) is 44.4 Å². The van der Waals surface area contributed by atoms with Gasteiger partial charge in [0.25, 0.3) is 0 Å². The van der Waals surface area contributed by atoms with Gasteiger partial charge in [-0.1, -0.05) is 51.8 Å². The number of hydrogen-bond donors (Lipinski definition) is 1. The van der Waals surface area contributed by atoms with Gasteiger partial charge < -0.3 is 4.90 Å². The number of carbonyl (C=O) groups is 2. The normalized spacial score (nSPS) is 17.2. The Kier molecular flexibility index (Phi) is 9.06. The second-order valence-corrected chi connectivity index (χ2v) is 12.5. The Hall–Kier alpha value is -2.26. The van der Waals surface area contributed by atoms with E-state index >= 15 is 0 Å². The summed E-state index contributed by atoms with van der Waals surface area (Å²) in [7, 11) is 1.41. The van der Waals surface area contributed by atoms with Crippen LogP contribution in [0.3, 0.4) is 0 Å². The molecule has 1 aliphatic carbocycles. The van der Waals surface area contributed by atoms with Crippen LogP contribution < -0.4 is 5.48 Å². The topological polar surface area (TPSA) is 71.5 Å². The average Bonchev–Trinajstić information content (AvgIpc) is 3.07. The summed E-state index contributed by atoms with van der Waals surface area (Å²) in [5, 5.41) is 0.742. The number of nitrogens with one attached hydrogen (secondary N) is 1. The molecule has 2 aromatic carbocycles. The summed E-state index contributed by atoms with van der Waals surface area (Å²) in [6, 6.07) is 13.9. The molecule has 0 saturated carbocycles. The summed E-state index contributed by atoms with van der Waals surface area (Å²) < 4.78 is 2.03. The third-order valence-corrected chi connectivity index (χ3v) is 9.05. The van der Waals surface area contributed by atoms with Crippen molar-refractivity contribution in [3.8, 4) is 0 Å². The highest BCUT2D eigenvalue weighted by Gasteiger charge is 2.36. The molecular formula is C30H30Br2ClN3O3. The number of nitrogens with zero attached hydrogens (tertiary/aromatic N) is 2. The van der Waals surface area contributed by atoms with E-state index in [1.807, 2.05) is 41.4 Å². The summed E-state index contributed by atoms with van der Waals surface area (Å²) in [4.78, 5) is 36.5. The van der Waals surface area contributed by atoms with Crippen molar-refractivity contribution >= 4 is 55.3 Å². The van der Waals surface area contributed by atoms with Crippen molar-refractivity contribution in [2.75, 3.05) is 20.2 Å². The third-order valence-electron chi connectivity index (χ3n) is 7.74. The molecule has 9 heteroatoms. The summed E-state index contributed by atoms with van der Waals surface area (Å²) in [6.07, 6.45) is 6.15. The zero-order valence-electron chi connectivity index (χ0n) is 21.7. The van der Waals surface area contributed by atoms with Gasteiger partial charge in [-0.3, -0.25) is 19.4 Å². The smallest absolute Gasteiger partial charge is 0.247 e. The second kappa shape index (κ2) is 12.5. The highest BCUT2D eigenvalue weighted by Crippen LogP contribution is 2.46. The first kappa shape index (κ1) is 28.3. The molecule has 0 bridgehead atoms. The molecule has 3 aromatic rings. The van der Waals surface area contributed by atoms with Crippen LogP contribution in [0.5, 0.6) is 0 Å². The number of hydroxylamine groups is 1. The van der Waals surface area contributed by atoms with E-state index in [-0.39, 0.29) is 24.2 Å². The lowest BCUT2D eigenvalue weighted by Crippen LogP contribution is -2.40. The number of piperidine rings is 1. The molecule has 1 atom stereocenters. The Morgan fingerprint density at radius 1 is 1.03 bits per heavy atom. The summed E-state index contributed by atoms with van der Waals surface area (Å²) in [5.74, 6) is 0.446. The molecule has 2 heterocycles. The van der Waals surface area contributed by atoms with Crippen LogP contribution in [-0.2, 0) is 40.1 Å². The lowest BCUT2D eigenvalue weighted by atomic mass is 9.76. The number of carbonyl (C=O) groups excluding carboxylic acids is 2. The first-order valence-electron chi connectivity index (χ1n) is 13.1. The quantitative estimate of drug-likeness (QED) is 0.317. The average molecular weight is 676 g/mol. The molecule has 1 fully saturated rings. The molecular weight excluding hydrogens is 646 g/mol. The Morgan fingerprint density at radius 3 is 2.38 bits per heavy atom. The molecule has 5 rings (SSSR count). The molecule has 0 spiro atoms. The van der Waals surface area contributed by atoms with Gasteiger partial charge in [-0.2, -0.15) is 0 Å². The maximum atomic E-state index is 13.2. The lowest BCUT2D eigenvalue weighted by Gasteiger charge is -2.37. The number of amides is 2. The molecule has 1 N–H and O–H groups in total. The summed E-state index contributed by atoms with van der Waals surface area (Å²) in [5.41, 5.74) is 9.12. The van der Waals surface area contributed by atoms with E-state index in [1.54, 1.807) is 0 Å². The standard InChI is InChI=1S/C30H30Br2ClN3O3/c1-39-35-26(37)12-18-2-4-19(5-3-18)13-27(38)36-10-8-20(9-11-36)29-28-21(15-24(33)16-25(28)32)6-7-22-14-23(31)17-34-30(22)29/h2-5,14-17,20,29H,6-13H2,1H3,(H,35,37)/t29-/m1/s1. The highest BCUT2D eigenvalue weighted by atomic mass is 79.9. The number of benzene rings is 2. The molecule has 2 amide bonds. The molecule has 6 nitrogen and oxygen atoms in total. The fraction of sp³-hybridized carbons (Fsp3) is 0.367. The van der Waals surface area contributed by atoms with Gasteiger partial charge in [0.05, 0.1) is 25.6 Å². The number of halogens is 3. The Morgan fingerprint density at radius 2 is 1.69 bits per heavy atom. The van der Waals surface area contributed by atoms with Gasteiger partial charge >= 0.3 is 0 Å². The minimum absolute atomic E-state index is 0.134. The molecule has 1 aromatic heterocycles. The number of likely N-dealkylation sites (tertiary alicyclic amines) is 1. The van der Waals surface area contributed by atoms with E-state index in [0.29, 0.717) is 12.3 Å². The highest BCUT2D eigenvalue weighted by molar-refractivity contribution is 9.10. The molecule has 1 aliphatic heterocycles. The maximum Gasteiger partial charge on any atom is 0.247 e. The summed E-state index contributed by atoms with van der Waals surface area (Å²) in [6.45, 7) is 1.45. The molecule has 39 heavy (non-hydrogen) atoms. The zero-order chi connectivity index (χ0) is 27.5. The number of aryl methyl sites for hydroxylation is 2. The fourth-order valence-electron chi connectivity index (χ4n) is 5.91. The monoisotopic (exact) mass is 673 g/mol. The Labute approximate surface area is 250 Å². The predicted octanol–water partition coefficient (Wildman–Crippen LogP) is 6.19. The van der Waals surface area contributed by atoms with Gasteiger partial charge in [0.15, 0.2) is 0 Å². The minimum atomic E-state index is -0.207. The SMILES string of the molecule is CONC(=O)Cc1ccc(CC(=O)N2CCC([C@H]3c4ncc(Br)cc4CCc4cc(Cl)cc(Br)c43)CC2)cc1. The Bertz CT molecular complexity index is 1370. The maximum absolute atomic E-state index is 13.2. The number of hydrogen-bond acceptors (Lipinski definition) is 4. The summed E-state index contributed by atoms with van der Waals surface area (Å²) >= 11 is 13.9. The number of rotatable bonds is 6. The van der Waals surface area contributed by atoms with E-state index < -0.39 is 0 Å². The molecule has 1 saturated heterocycles. The van der Waals surface area contributed by atoms with Crippen LogP contribution in [0.2, 0.25) is 5.02 Å². The van der Waals surface area contributed by atoms with E-state index in [0.717, 1.165) is 69.6 Å². The van der Waals surface area contributed by atoms with Crippen LogP contribution in [0.15, 0.2) is 57.6 Å². The van der Waals surface area contributed by atoms with E-state index in [4.69, 9.17) is 16.6 Å². The van der Waals surface area contributed by atoms with Crippen molar-refractivity contribution in [3.63, 3.8) is 0 Å². The largest absolute Gasteiger partial charge is 0.342 e. The lowest BCUT2D eigenvalue weighted by molar-refractivity contribution is -0.132. The van der Waals surface area contributed by atoms with Crippen LogP contribution in [-0.4, -0.2) is 41.9 Å². The van der Waals surface area contributed by atoms with Crippen molar-refractivity contribution in [1.82, 2.24) is 15.4 Å². The first-order valence-corrected chi connectivity index (χ1v) is 15.1. The van der Waals surface area contributed by atoms with Gasteiger partial charge in [0.2, 0.25) is 11.8 Å². The molecule has 204 valence electrons. The van der Waals surface area contributed by atoms with Crippen molar-refractivity contribution in [1.29, 1.82) is 0 Å². The van der Waals surface area contributed by atoms with E-state index in [9.17, 15) is 9.59 Å². The van der Waals surface area contributed by atoms with Crippen LogP contribution in [0.1, 0.15) is 52.3 Å². The number of pyridine rings is 1. The van der Waals surface area contributed by atoms with Crippen molar-refractivity contribution < 1.29 is 14.4 Å². The van der Waals surface area contributed by atoms with Crippen LogP contribution in [0, 0.1) is 5.92 Å². The van der Waals surface area contributed by atoms with Gasteiger partial charge in [-0.25, -0.2) is 5.48 Å². The third kappa shape index (κ3) is 6.56. The predicted molar refractivity (Wildman–Crippen MR) is 159 cm³/mol. The Balaban J connectivity index is 1.29. The second-order valence-electron chi connectivity index (χ2n) is 10.3. The van der Waals surface area contributed by atoms with Gasteiger partial charge in [0, 0.05) is 39.2 Å². The van der Waals surface area contributed by atoms with Crippen LogP contribution in [0.4, 0.5) is 0 Å². The molecule has 0 radical (unpaired) electrons. The van der Waals surface area contributed by atoms with Crippen LogP contribution in [0.25, 0.3) is 0 Å².